The molecule has 0 aromatic carbocycles. The molecule has 0 spiro atoms. The summed E-state index contributed by atoms with van der Waals surface area (Å²) in [5.74, 6) is 0. The molecule has 1 aliphatic rings. The zero-order valence-corrected chi connectivity index (χ0v) is 12.2. The van der Waals surface area contributed by atoms with Crippen molar-refractivity contribution in [3.8, 4) is 0 Å². The van der Waals surface area contributed by atoms with Gasteiger partial charge in [0.1, 0.15) is 5.01 Å². The fourth-order valence-corrected chi connectivity index (χ4v) is 3.05. The molecule has 0 saturated carbocycles. The van der Waals surface area contributed by atoms with Crippen LogP contribution in [0.3, 0.4) is 0 Å². The molecule has 1 atom stereocenters. The SMILES string of the molecule is Cc1csc(C(C)NCCN2CCCNCC2)n1. The maximum Gasteiger partial charge on any atom is 0.110 e. The third-order valence-electron chi connectivity index (χ3n) is 3.32. The van der Waals surface area contributed by atoms with Gasteiger partial charge in [0.2, 0.25) is 0 Å². The van der Waals surface area contributed by atoms with Gasteiger partial charge in [-0.15, -0.1) is 11.3 Å². The minimum atomic E-state index is 0.369. The third-order valence-corrected chi connectivity index (χ3v) is 4.46. The van der Waals surface area contributed by atoms with Gasteiger partial charge in [-0.1, -0.05) is 0 Å². The van der Waals surface area contributed by atoms with Crippen molar-refractivity contribution in [2.24, 2.45) is 0 Å². The van der Waals surface area contributed by atoms with Gasteiger partial charge in [0, 0.05) is 37.3 Å². The highest BCUT2D eigenvalue weighted by molar-refractivity contribution is 7.09. The highest BCUT2D eigenvalue weighted by Gasteiger charge is 2.11. The summed E-state index contributed by atoms with van der Waals surface area (Å²) >= 11 is 1.75. The molecule has 1 saturated heterocycles. The van der Waals surface area contributed by atoms with E-state index in [1.165, 1.54) is 31.1 Å². The van der Waals surface area contributed by atoms with Crippen molar-refractivity contribution in [1.29, 1.82) is 0 Å². The van der Waals surface area contributed by atoms with Gasteiger partial charge in [-0.25, -0.2) is 4.98 Å². The lowest BCUT2D eigenvalue weighted by atomic mass is 10.3. The Bertz CT molecular complexity index is 345. The number of rotatable bonds is 5. The van der Waals surface area contributed by atoms with Crippen molar-refractivity contribution in [2.45, 2.75) is 26.3 Å². The van der Waals surface area contributed by atoms with Crippen molar-refractivity contribution in [2.75, 3.05) is 39.3 Å². The van der Waals surface area contributed by atoms with E-state index in [1.54, 1.807) is 11.3 Å². The Morgan fingerprint density at radius 3 is 3.17 bits per heavy atom. The number of thiazole rings is 1. The maximum atomic E-state index is 4.52. The molecule has 2 heterocycles. The number of hydrogen-bond acceptors (Lipinski definition) is 5. The van der Waals surface area contributed by atoms with Crippen LogP contribution in [0.5, 0.6) is 0 Å². The van der Waals surface area contributed by atoms with Crippen LogP contribution in [-0.2, 0) is 0 Å². The lowest BCUT2D eigenvalue weighted by molar-refractivity contribution is 0.287. The summed E-state index contributed by atoms with van der Waals surface area (Å²) in [6.45, 7) is 11.1. The summed E-state index contributed by atoms with van der Waals surface area (Å²) in [5.41, 5.74) is 1.13. The van der Waals surface area contributed by atoms with E-state index < -0.39 is 0 Å². The Hall–Kier alpha value is -0.490. The molecular weight excluding hydrogens is 244 g/mol. The first-order valence-corrected chi connectivity index (χ1v) is 7.72. The third kappa shape index (κ3) is 4.31. The fourth-order valence-electron chi connectivity index (χ4n) is 2.22. The molecule has 2 N–H and O–H groups in total. The van der Waals surface area contributed by atoms with Gasteiger partial charge >= 0.3 is 0 Å². The monoisotopic (exact) mass is 268 g/mol. The Morgan fingerprint density at radius 1 is 1.50 bits per heavy atom. The Kier molecular flexibility index (Phi) is 5.56. The van der Waals surface area contributed by atoms with Crippen LogP contribution >= 0.6 is 11.3 Å². The van der Waals surface area contributed by atoms with Gasteiger partial charge in [0.15, 0.2) is 0 Å². The Morgan fingerprint density at radius 2 is 2.39 bits per heavy atom. The molecule has 102 valence electrons. The van der Waals surface area contributed by atoms with Crippen LogP contribution in [0, 0.1) is 6.92 Å². The molecule has 2 rings (SSSR count). The largest absolute Gasteiger partial charge is 0.315 e. The molecule has 1 aromatic heterocycles. The van der Waals surface area contributed by atoms with E-state index >= 15 is 0 Å². The van der Waals surface area contributed by atoms with Crippen LogP contribution in [0.2, 0.25) is 0 Å². The van der Waals surface area contributed by atoms with Crippen LogP contribution in [-0.4, -0.2) is 49.2 Å². The summed E-state index contributed by atoms with van der Waals surface area (Å²) in [6.07, 6.45) is 1.27. The van der Waals surface area contributed by atoms with E-state index in [1.807, 2.05) is 0 Å². The molecule has 1 aromatic rings. The zero-order chi connectivity index (χ0) is 12.8. The first-order valence-electron chi connectivity index (χ1n) is 6.84. The summed E-state index contributed by atoms with van der Waals surface area (Å²) in [6, 6.07) is 0.369. The van der Waals surface area contributed by atoms with Crippen molar-refractivity contribution in [3.63, 3.8) is 0 Å². The molecule has 0 bridgehead atoms. The second-order valence-corrected chi connectivity index (χ2v) is 5.84. The molecule has 1 aliphatic heterocycles. The summed E-state index contributed by atoms with van der Waals surface area (Å²) in [7, 11) is 0. The van der Waals surface area contributed by atoms with Crippen LogP contribution in [0.1, 0.15) is 30.1 Å². The fraction of sp³-hybridized carbons (Fsp3) is 0.769. The van der Waals surface area contributed by atoms with E-state index in [4.69, 9.17) is 0 Å². The van der Waals surface area contributed by atoms with Gasteiger partial charge < -0.3 is 15.5 Å². The number of nitrogens with zero attached hydrogens (tertiary/aromatic N) is 2. The first kappa shape index (κ1) is 13.9. The van der Waals surface area contributed by atoms with Crippen molar-refractivity contribution in [3.05, 3.63) is 16.1 Å². The molecule has 0 radical (unpaired) electrons. The summed E-state index contributed by atoms with van der Waals surface area (Å²) in [5, 5.41) is 10.3. The molecule has 5 heteroatoms. The molecule has 1 fully saturated rings. The van der Waals surface area contributed by atoms with Crippen molar-refractivity contribution in [1.82, 2.24) is 20.5 Å². The van der Waals surface area contributed by atoms with E-state index in [-0.39, 0.29) is 0 Å². The van der Waals surface area contributed by atoms with Gasteiger partial charge in [-0.05, 0) is 33.4 Å². The summed E-state index contributed by atoms with van der Waals surface area (Å²) < 4.78 is 0. The van der Waals surface area contributed by atoms with E-state index in [0.29, 0.717) is 6.04 Å². The van der Waals surface area contributed by atoms with Gasteiger partial charge in [-0.3, -0.25) is 0 Å². The molecule has 0 aliphatic carbocycles. The number of hydrogen-bond donors (Lipinski definition) is 2. The summed E-state index contributed by atoms with van der Waals surface area (Å²) in [4.78, 5) is 7.06. The van der Waals surface area contributed by atoms with Crippen molar-refractivity contribution < 1.29 is 0 Å². The minimum Gasteiger partial charge on any atom is -0.315 e. The van der Waals surface area contributed by atoms with Gasteiger partial charge in [-0.2, -0.15) is 0 Å². The lowest BCUT2D eigenvalue weighted by Crippen LogP contribution is -2.35. The molecule has 18 heavy (non-hydrogen) atoms. The smallest absolute Gasteiger partial charge is 0.110 e. The Balaban J connectivity index is 1.68. The standard InChI is InChI=1S/C13H24N4S/c1-11-10-18-13(16-11)12(2)15-6-9-17-7-3-4-14-5-8-17/h10,12,14-15H,3-9H2,1-2H3. The first-order chi connectivity index (χ1) is 8.75. The quantitative estimate of drug-likeness (QED) is 0.847. The van der Waals surface area contributed by atoms with E-state index in [0.717, 1.165) is 25.3 Å². The molecular formula is C13H24N4S. The molecule has 1 unspecified atom stereocenters. The van der Waals surface area contributed by atoms with Crippen LogP contribution in [0.25, 0.3) is 0 Å². The minimum absolute atomic E-state index is 0.369. The highest BCUT2D eigenvalue weighted by atomic mass is 32.1. The lowest BCUT2D eigenvalue weighted by Gasteiger charge is -2.20. The average molecular weight is 268 g/mol. The van der Waals surface area contributed by atoms with Gasteiger partial charge in [0.25, 0.3) is 0 Å². The number of nitrogens with one attached hydrogen (secondary N) is 2. The Labute approximate surface area is 114 Å². The van der Waals surface area contributed by atoms with E-state index in [9.17, 15) is 0 Å². The second kappa shape index (κ2) is 7.19. The van der Waals surface area contributed by atoms with Gasteiger partial charge in [0.05, 0.1) is 6.04 Å². The number of aromatic nitrogens is 1. The average Bonchev–Trinajstić information content (AvgIpc) is 2.63. The second-order valence-electron chi connectivity index (χ2n) is 4.95. The molecule has 0 amide bonds. The van der Waals surface area contributed by atoms with Crippen LogP contribution < -0.4 is 10.6 Å². The maximum absolute atomic E-state index is 4.52. The normalized spacial score (nSPS) is 19.7. The predicted molar refractivity (Wildman–Crippen MR) is 77.2 cm³/mol. The van der Waals surface area contributed by atoms with E-state index in [2.05, 4.69) is 39.7 Å². The highest BCUT2D eigenvalue weighted by Crippen LogP contribution is 2.16. The van der Waals surface area contributed by atoms with Crippen molar-refractivity contribution >= 4 is 11.3 Å². The topological polar surface area (TPSA) is 40.2 Å². The van der Waals surface area contributed by atoms with Crippen LogP contribution in [0.15, 0.2) is 5.38 Å². The predicted octanol–water partition coefficient (Wildman–Crippen LogP) is 1.40. The van der Waals surface area contributed by atoms with Crippen LogP contribution in [0.4, 0.5) is 0 Å². The number of aryl methyl sites for hydroxylation is 1. The zero-order valence-electron chi connectivity index (χ0n) is 11.4. The molecule has 4 nitrogen and oxygen atoms in total.